The van der Waals surface area contributed by atoms with E-state index in [0.29, 0.717) is 30.5 Å². The van der Waals surface area contributed by atoms with Crippen LogP contribution < -0.4 is 19.5 Å². The fraction of sp³-hybridized carbons (Fsp3) is 0.355. The van der Waals surface area contributed by atoms with Crippen molar-refractivity contribution in [3.05, 3.63) is 77.9 Å². The fourth-order valence-electron chi connectivity index (χ4n) is 4.78. The van der Waals surface area contributed by atoms with Gasteiger partial charge in [0.15, 0.2) is 0 Å². The normalized spacial score (nSPS) is 13.8. The highest BCUT2D eigenvalue weighted by molar-refractivity contribution is 5.92. The van der Waals surface area contributed by atoms with Crippen molar-refractivity contribution >= 4 is 16.8 Å². The summed E-state index contributed by atoms with van der Waals surface area (Å²) in [4.78, 5) is 14.9. The van der Waals surface area contributed by atoms with Crippen molar-refractivity contribution in [2.24, 2.45) is 7.05 Å². The number of methoxy groups -OCH3 is 1. The summed E-state index contributed by atoms with van der Waals surface area (Å²) in [6.07, 6.45) is 1.18. The number of amides is 1. The van der Waals surface area contributed by atoms with Crippen molar-refractivity contribution in [2.75, 3.05) is 46.6 Å². The van der Waals surface area contributed by atoms with E-state index in [1.807, 2.05) is 73.8 Å². The molecule has 1 aromatic heterocycles. The van der Waals surface area contributed by atoms with Crippen LogP contribution in [0, 0.1) is 0 Å². The Hall–Kier alpha value is -4.08. The molecule has 4 aromatic rings. The second-order valence-electron chi connectivity index (χ2n) is 9.79. The lowest BCUT2D eigenvalue weighted by molar-refractivity contribution is -0.120. The average Bonchev–Trinajstić information content (AvgIpc) is 3.29. The molecule has 1 fully saturated rings. The average molecular weight is 547 g/mol. The van der Waals surface area contributed by atoms with Crippen LogP contribution in [-0.4, -0.2) is 67.2 Å². The smallest absolute Gasteiger partial charge is 0.250 e. The number of fused-ring (bicyclic) bond motifs is 1. The zero-order chi connectivity index (χ0) is 27.7. The van der Waals surface area contributed by atoms with Gasteiger partial charge in [0, 0.05) is 46.8 Å². The first kappa shape index (κ1) is 27.5. The molecule has 9 heteroatoms. The van der Waals surface area contributed by atoms with Gasteiger partial charge in [-0.25, -0.2) is 0 Å². The van der Waals surface area contributed by atoms with Crippen molar-refractivity contribution in [1.29, 1.82) is 0 Å². The minimum Gasteiger partial charge on any atom is -0.496 e. The molecule has 0 saturated carbocycles. The molecule has 1 N–H and O–H groups in total. The molecule has 0 atom stereocenters. The summed E-state index contributed by atoms with van der Waals surface area (Å²) in [5.74, 6) is 2.32. The summed E-state index contributed by atoms with van der Waals surface area (Å²) in [6.45, 7) is 5.64. The molecule has 1 saturated heterocycles. The van der Waals surface area contributed by atoms with Crippen molar-refractivity contribution < 1.29 is 25.2 Å². The van der Waals surface area contributed by atoms with Crippen LogP contribution in [0.5, 0.6) is 23.1 Å². The number of carbonyl (C=O) groups is 1. The molecule has 212 valence electrons. The molecule has 2 heterocycles. The van der Waals surface area contributed by atoms with Crippen LogP contribution in [0.15, 0.2) is 66.7 Å². The number of hydrogen-bond acceptors (Lipinski definition) is 7. The Morgan fingerprint density at radius 3 is 2.62 bits per heavy atom. The van der Waals surface area contributed by atoms with E-state index in [-0.39, 0.29) is 13.8 Å². The highest BCUT2D eigenvalue weighted by Crippen LogP contribution is 2.39. The number of nitrogens with zero attached hydrogens (tertiary/aromatic N) is 3. The molecule has 3 aromatic carbocycles. The number of nitrogens with one attached hydrogen (secondary N) is 1. The third-order valence-electron chi connectivity index (χ3n) is 6.88. The van der Waals surface area contributed by atoms with Gasteiger partial charge in [0.25, 0.3) is 0 Å². The predicted octanol–water partition coefficient (Wildman–Crippen LogP) is 4.58. The largest absolute Gasteiger partial charge is 0.496 e. The van der Waals surface area contributed by atoms with E-state index in [1.54, 1.807) is 11.8 Å². The first-order chi connectivity index (χ1) is 19.6. The molecule has 0 aliphatic carbocycles. The summed E-state index contributed by atoms with van der Waals surface area (Å²) in [6, 6.07) is 21.2. The van der Waals surface area contributed by atoms with Gasteiger partial charge in [-0.2, -0.15) is 0 Å². The first-order valence-electron chi connectivity index (χ1n) is 13.6. The van der Waals surface area contributed by atoms with Crippen molar-refractivity contribution in [1.82, 2.24) is 20.0 Å². The number of rotatable bonds is 12. The Kier molecular flexibility index (Phi) is 9.15. The summed E-state index contributed by atoms with van der Waals surface area (Å²) < 4.78 is 25.2. The summed E-state index contributed by atoms with van der Waals surface area (Å²) in [5, 5.41) is 8.34. The second kappa shape index (κ2) is 13.3. The van der Waals surface area contributed by atoms with Crippen molar-refractivity contribution in [2.45, 2.75) is 19.4 Å². The highest BCUT2D eigenvalue weighted by atomic mass is 16.5. The van der Waals surface area contributed by atoms with Gasteiger partial charge in [-0.05, 0) is 29.7 Å². The lowest BCUT2D eigenvalue weighted by Gasteiger charge is -2.26. The highest BCUT2D eigenvalue weighted by Gasteiger charge is 2.18. The van der Waals surface area contributed by atoms with Gasteiger partial charge in [-0.15, -0.1) is 5.10 Å². The molecule has 0 unspecified atom stereocenters. The number of carbonyl (C=O) groups excluding carboxylic acids is 1. The number of ether oxygens (including phenoxy) is 4. The number of aryl methyl sites for hydroxylation is 1. The van der Waals surface area contributed by atoms with Crippen LogP contribution in [0.2, 0.25) is 0 Å². The van der Waals surface area contributed by atoms with E-state index >= 15 is 0 Å². The SMILES string of the molecule is COc1cc(OCCCN2CCOCC2)cc2c1c(Oc1cccc(CC(=O)NCc3ccccc3)c1)nn2C.[HH]. The van der Waals surface area contributed by atoms with Crippen LogP contribution in [0.4, 0.5) is 0 Å². The molecule has 5 rings (SSSR count). The number of morpholine rings is 1. The summed E-state index contributed by atoms with van der Waals surface area (Å²) in [5.41, 5.74) is 2.75. The maximum atomic E-state index is 12.5. The van der Waals surface area contributed by atoms with E-state index in [0.717, 1.165) is 67.0 Å². The molecule has 1 aliphatic heterocycles. The fourth-order valence-corrected chi connectivity index (χ4v) is 4.78. The van der Waals surface area contributed by atoms with Crippen LogP contribution in [-0.2, 0) is 29.5 Å². The maximum Gasteiger partial charge on any atom is 0.250 e. The third-order valence-corrected chi connectivity index (χ3v) is 6.88. The van der Waals surface area contributed by atoms with Crippen molar-refractivity contribution in [3.63, 3.8) is 0 Å². The number of benzene rings is 3. The topological polar surface area (TPSA) is 87.1 Å². The van der Waals surface area contributed by atoms with Crippen molar-refractivity contribution in [3.8, 4) is 23.1 Å². The van der Waals surface area contributed by atoms with Gasteiger partial charge in [0.2, 0.25) is 11.8 Å². The number of hydrogen-bond donors (Lipinski definition) is 1. The van der Waals surface area contributed by atoms with Gasteiger partial charge in [0.1, 0.15) is 22.6 Å². The van der Waals surface area contributed by atoms with Gasteiger partial charge in [0.05, 0.1) is 38.9 Å². The second-order valence-corrected chi connectivity index (χ2v) is 9.79. The summed E-state index contributed by atoms with van der Waals surface area (Å²) in [7, 11) is 3.49. The Balaban J connectivity index is 0.00000387. The monoisotopic (exact) mass is 546 g/mol. The molecule has 0 radical (unpaired) electrons. The zero-order valence-electron chi connectivity index (χ0n) is 23.1. The molecule has 0 bridgehead atoms. The minimum absolute atomic E-state index is 0. The first-order valence-corrected chi connectivity index (χ1v) is 13.6. The summed E-state index contributed by atoms with van der Waals surface area (Å²) >= 11 is 0. The maximum absolute atomic E-state index is 12.5. The molecular weight excluding hydrogens is 508 g/mol. The lowest BCUT2D eigenvalue weighted by Crippen LogP contribution is -2.37. The molecule has 0 spiro atoms. The Bertz CT molecular complexity index is 1420. The Morgan fingerprint density at radius 1 is 1.02 bits per heavy atom. The van der Waals surface area contributed by atoms with E-state index in [1.165, 1.54) is 0 Å². The Labute approximate surface area is 236 Å². The zero-order valence-corrected chi connectivity index (χ0v) is 23.1. The standard InChI is InChI=1S/C31H36N4O5.H2/c1-34-27-20-26(39-15-7-12-35-13-16-38-17-14-35)21-28(37-2)30(27)31(33-34)40-25-11-6-10-24(18-25)19-29(36)32-22-23-8-4-3-5-9-23;/h3-6,8-11,18,20-21H,7,12-17,19,22H2,1-2H3,(H,32,36);1H. The van der Waals surface area contributed by atoms with Gasteiger partial charge in [-0.3, -0.25) is 14.4 Å². The van der Waals surface area contributed by atoms with E-state index in [4.69, 9.17) is 18.9 Å². The molecule has 9 nitrogen and oxygen atoms in total. The predicted molar refractivity (Wildman–Crippen MR) is 155 cm³/mol. The van der Waals surface area contributed by atoms with Gasteiger partial charge in [-0.1, -0.05) is 42.5 Å². The lowest BCUT2D eigenvalue weighted by atomic mass is 10.1. The van der Waals surface area contributed by atoms with Crippen LogP contribution in [0.25, 0.3) is 10.9 Å². The minimum atomic E-state index is -0.0524. The number of aromatic nitrogens is 2. The van der Waals surface area contributed by atoms with Crippen LogP contribution in [0.3, 0.4) is 0 Å². The quantitative estimate of drug-likeness (QED) is 0.260. The van der Waals surface area contributed by atoms with E-state index in [2.05, 4.69) is 15.3 Å². The molecule has 1 aliphatic rings. The van der Waals surface area contributed by atoms with Gasteiger partial charge < -0.3 is 24.3 Å². The van der Waals surface area contributed by atoms with Crippen LogP contribution >= 0.6 is 0 Å². The molecule has 1 amide bonds. The molecular formula is C31H38N4O5. The van der Waals surface area contributed by atoms with Gasteiger partial charge >= 0.3 is 0 Å². The van der Waals surface area contributed by atoms with E-state index < -0.39 is 0 Å². The van der Waals surface area contributed by atoms with E-state index in [9.17, 15) is 4.79 Å². The van der Waals surface area contributed by atoms with Crippen LogP contribution in [0.1, 0.15) is 19.0 Å². The third kappa shape index (κ3) is 7.11. The Morgan fingerprint density at radius 2 is 1.82 bits per heavy atom. The molecule has 40 heavy (non-hydrogen) atoms.